The van der Waals surface area contributed by atoms with Gasteiger partial charge in [-0.3, -0.25) is 0 Å². The van der Waals surface area contributed by atoms with Crippen molar-refractivity contribution < 1.29 is 0 Å². The van der Waals surface area contributed by atoms with Crippen molar-refractivity contribution in [3.63, 3.8) is 0 Å². The molecule has 0 aromatic heterocycles. The Kier molecular flexibility index (Phi) is 2.92. The molecule has 1 aromatic carbocycles. The number of hydrogen-bond donors (Lipinski definition) is 2. The Balaban J connectivity index is 2.25. The van der Waals surface area contributed by atoms with E-state index in [4.69, 9.17) is 23.1 Å². The first-order valence-electron chi connectivity index (χ1n) is 4.77. The standard InChI is InChI=1S/C11H11ClN4/c12-10-8(6-15-16-11(13)14)5-7-3-1-2-4-9(7)10/h1-4,6H,5H2,(H4,13,14,16)/b15-6+. The summed E-state index contributed by atoms with van der Waals surface area (Å²) in [6.07, 6.45) is 2.35. The zero-order chi connectivity index (χ0) is 11.5. The van der Waals surface area contributed by atoms with Gasteiger partial charge in [0, 0.05) is 6.42 Å². The molecule has 0 unspecified atom stereocenters. The summed E-state index contributed by atoms with van der Waals surface area (Å²) in [6.45, 7) is 0. The molecule has 1 aliphatic carbocycles. The Labute approximate surface area is 98.3 Å². The fourth-order valence-corrected chi connectivity index (χ4v) is 1.91. The van der Waals surface area contributed by atoms with Crippen LogP contribution in [0.4, 0.5) is 0 Å². The van der Waals surface area contributed by atoms with E-state index in [1.165, 1.54) is 5.56 Å². The Morgan fingerprint density at radius 2 is 2.06 bits per heavy atom. The molecule has 0 radical (unpaired) electrons. The van der Waals surface area contributed by atoms with Crippen molar-refractivity contribution in [3.05, 3.63) is 41.0 Å². The molecular formula is C11H11ClN4. The number of nitrogens with two attached hydrogens (primary N) is 2. The Morgan fingerprint density at radius 1 is 1.31 bits per heavy atom. The van der Waals surface area contributed by atoms with Gasteiger partial charge in [0.25, 0.3) is 0 Å². The van der Waals surface area contributed by atoms with Gasteiger partial charge in [0.2, 0.25) is 5.96 Å². The van der Waals surface area contributed by atoms with Crippen molar-refractivity contribution in [2.75, 3.05) is 0 Å². The maximum atomic E-state index is 6.20. The largest absolute Gasteiger partial charge is 0.369 e. The number of fused-ring (bicyclic) bond motifs is 1. The molecule has 4 nitrogen and oxygen atoms in total. The molecule has 0 saturated heterocycles. The number of guanidine groups is 1. The lowest BCUT2D eigenvalue weighted by Crippen LogP contribution is -2.21. The molecule has 1 aliphatic rings. The average Bonchev–Trinajstić information content (AvgIpc) is 2.56. The van der Waals surface area contributed by atoms with Gasteiger partial charge < -0.3 is 11.5 Å². The fraction of sp³-hybridized carbons (Fsp3) is 0.0909. The Hall–Kier alpha value is -1.81. The summed E-state index contributed by atoms with van der Waals surface area (Å²) >= 11 is 6.20. The molecule has 16 heavy (non-hydrogen) atoms. The summed E-state index contributed by atoms with van der Waals surface area (Å²) in [4.78, 5) is 0. The van der Waals surface area contributed by atoms with Gasteiger partial charge in [-0.15, -0.1) is 5.10 Å². The molecule has 5 heteroatoms. The summed E-state index contributed by atoms with van der Waals surface area (Å²) in [5.41, 5.74) is 13.5. The summed E-state index contributed by atoms with van der Waals surface area (Å²) < 4.78 is 0. The number of rotatable bonds is 2. The number of benzene rings is 1. The molecule has 0 fully saturated rings. The Morgan fingerprint density at radius 3 is 2.75 bits per heavy atom. The molecule has 82 valence electrons. The van der Waals surface area contributed by atoms with E-state index in [1.54, 1.807) is 6.21 Å². The van der Waals surface area contributed by atoms with E-state index in [2.05, 4.69) is 10.2 Å². The molecule has 2 rings (SSSR count). The van der Waals surface area contributed by atoms with Gasteiger partial charge in [0.15, 0.2) is 0 Å². The second kappa shape index (κ2) is 4.37. The fourth-order valence-electron chi connectivity index (χ4n) is 1.61. The van der Waals surface area contributed by atoms with Crippen molar-refractivity contribution in [2.45, 2.75) is 6.42 Å². The normalized spacial score (nSPS) is 14.3. The molecule has 0 heterocycles. The van der Waals surface area contributed by atoms with E-state index in [9.17, 15) is 0 Å². The number of nitrogens with zero attached hydrogens (tertiary/aromatic N) is 2. The molecule has 1 aromatic rings. The number of hydrogen-bond acceptors (Lipinski definition) is 2. The lowest BCUT2D eigenvalue weighted by molar-refractivity contribution is 1.20. The molecule has 0 bridgehead atoms. The summed E-state index contributed by atoms with van der Waals surface area (Å²) in [5, 5.41) is 8.00. The summed E-state index contributed by atoms with van der Waals surface area (Å²) in [6, 6.07) is 7.97. The van der Waals surface area contributed by atoms with Crippen LogP contribution in [-0.4, -0.2) is 12.2 Å². The van der Waals surface area contributed by atoms with E-state index in [-0.39, 0.29) is 5.96 Å². The smallest absolute Gasteiger partial charge is 0.211 e. The van der Waals surface area contributed by atoms with Crippen LogP contribution in [0.1, 0.15) is 11.1 Å². The third-order valence-corrected chi connectivity index (χ3v) is 2.75. The topological polar surface area (TPSA) is 76.8 Å². The average molecular weight is 235 g/mol. The summed E-state index contributed by atoms with van der Waals surface area (Å²) in [5.74, 6) is -0.0662. The Bertz CT molecular complexity index is 498. The van der Waals surface area contributed by atoms with E-state index in [0.717, 1.165) is 17.6 Å². The van der Waals surface area contributed by atoms with Crippen LogP contribution in [0.15, 0.2) is 40.0 Å². The molecule has 0 spiro atoms. The van der Waals surface area contributed by atoms with Gasteiger partial charge in [0.1, 0.15) is 0 Å². The second-order valence-corrected chi connectivity index (χ2v) is 3.82. The van der Waals surface area contributed by atoms with E-state index in [0.29, 0.717) is 5.03 Å². The highest BCUT2D eigenvalue weighted by Crippen LogP contribution is 2.34. The van der Waals surface area contributed by atoms with Crippen molar-refractivity contribution in [1.82, 2.24) is 0 Å². The first-order chi connectivity index (χ1) is 7.68. The van der Waals surface area contributed by atoms with Crippen LogP contribution < -0.4 is 11.5 Å². The molecule has 4 N–H and O–H groups in total. The van der Waals surface area contributed by atoms with Crippen LogP contribution >= 0.6 is 11.6 Å². The number of halogens is 1. The van der Waals surface area contributed by atoms with Crippen LogP contribution in [-0.2, 0) is 6.42 Å². The number of allylic oxidation sites excluding steroid dienone is 1. The minimum absolute atomic E-state index is 0.0662. The monoisotopic (exact) mass is 234 g/mol. The van der Waals surface area contributed by atoms with Gasteiger partial charge in [-0.2, -0.15) is 5.10 Å². The highest BCUT2D eigenvalue weighted by molar-refractivity contribution is 6.51. The van der Waals surface area contributed by atoms with Gasteiger partial charge in [0.05, 0.1) is 11.2 Å². The van der Waals surface area contributed by atoms with Crippen molar-refractivity contribution in [3.8, 4) is 0 Å². The first-order valence-corrected chi connectivity index (χ1v) is 5.15. The minimum Gasteiger partial charge on any atom is -0.369 e. The third kappa shape index (κ3) is 2.06. The first kappa shape index (κ1) is 10.7. The van der Waals surface area contributed by atoms with Gasteiger partial charge in [-0.25, -0.2) is 0 Å². The maximum Gasteiger partial charge on any atom is 0.211 e. The zero-order valence-corrected chi connectivity index (χ0v) is 9.28. The SMILES string of the molecule is NC(N)=N/N=C/C1=C(Cl)c2ccccc2C1. The van der Waals surface area contributed by atoms with Gasteiger partial charge >= 0.3 is 0 Å². The zero-order valence-electron chi connectivity index (χ0n) is 8.52. The highest BCUT2D eigenvalue weighted by Gasteiger charge is 2.17. The highest BCUT2D eigenvalue weighted by atomic mass is 35.5. The molecule has 0 atom stereocenters. The van der Waals surface area contributed by atoms with Crippen LogP contribution in [0.25, 0.3) is 5.03 Å². The van der Waals surface area contributed by atoms with Crippen LogP contribution in [0.5, 0.6) is 0 Å². The molecule has 0 saturated carbocycles. The van der Waals surface area contributed by atoms with E-state index in [1.807, 2.05) is 24.3 Å². The van der Waals surface area contributed by atoms with Crippen LogP contribution in [0.2, 0.25) is 0 Å². The van der Waals surface area contributed by atoms with Gasteiger partial charge in [-0.1, -0.05) is 35.9 Å². The minimum atomic E-state index is -0.0662. The van der Waals surface area contributed by atoms with Crippen molar-refractivity contribution >= 4 is 28.8 Å². The molecule has 0 amide bonds. The quantitative estimate of drug-likeness (QED) is 0.462. The predicted molar refractivity (Wildman–Crippen MR) is 67.2 cm³/mol. The lowest BCUT2D eigenvalue weighted by atomic mass is 10.1. The third-order valence-electron chi connectivity index (χ3n) is 2.30. The van der Waals surface area contributed by atoms with E-state index >= 15 is 0 Å². The lowest BCUT2D eigenvalue weighted by Gasteiger charge is -1.95. The predicted octanol–water partition coefficient (Wildman–Crippen LogP) is 1.45. The van der Waals surface area contributed by atoms with Gasteiger partial charge in [-0.05, 0) is 16.7 Å². The molecule has 0 aliphatic heterocycles. The maximum absolute atomic E-state index is 6.20. The second-order valence-electron chi connectivity index (χ2n) is 3.44. The van der Waals surface area contributed by atoms with Crippen molar-refractivity contribution in [2.24, 2.45) is 21.7 Å². The van der Waals surface area contributed by atoms with Crippen LogP contribution in [0.3, 0.4) is 0 Å². The van der Waals surface area contributed by atoms with Crippen molar-refractivity contribution in [1.29, 1.82) is 0 Å². The summed E-state index contributed by atoms with van der Waals surface area (Å²) in [7, 11) is 0. The van der Waals surface area contributed by atoms with Crippen LogP contribution in [0, 0.1) is 0 Å². The molecular weight excluding hydrogens is 224 g/mol. The van der Waals surface area contributed by atoms with E-state index < -0.39 is 0 Å².